The van der Waals surface area contributed by atoms with E-state index in [0.29, 0.717) is 0 Å². The molecule has 0 radical (unpaired) electrons. The lowest BCUT2D eigenvalue weighted by molar-refractivity contribution is -0.108. The van der Waals surface area contributed by atoms with Gasteiger partial charge in [0.25, 0.3) is 0 Å². The van der Waals surface area contributed by atoms with Gasteiger partial charge >= 0.3 is 16.4 Å². The summed E-state index contributed by atoms with van der Waals surface area (Å²) in [5.74, 6) is -3.46. The Labute approximate surface area is 81.5 Å². The quantitative estimate of drug-likeness (QED) is 0.577. The van der Waals surface area contributed by atoms with Crippen molar-refractivity contribution in [3.63, 3.8) is 0 Å². The maximum atomic E-state index is 11.3. The van der Waals surface area contributed by atoms with E-state index in [0.717, 1.165) is 0 Å². The first-order chi connectivity index (χ1) is 6.50. The molecule has 0 unspecified atom stereocenters. The van der Waals surface area contributed by atoms with Crippen LogP contribution in [-0.2, 0) is 15.0 Å². The van der Waals surface area contributed by atoms with E-state index in [1.807, 2.05) is 6.58 Å². The van der Waals surface area contributed by atoms with Crippen LogP contribution in [0.4, 0.5) is 25.8 Å². The summed E-state index contributed by atoms with van der Waals surface area (Å²) in [7, 11) is -4.65. The highest BCUT2D eigenvalue weighted by atomic mass is 32.3. The number of hydrogen-bond donors (Lipinski definition) is 0. The molecule has 10 heteroatoms. The molecule has 0 amide bonds. The van der Waals surface area contributed by atoms with Crippen molar-refractivity contribution >= 4 is 10.2 Å². The highest BCUT2D eigenvalue weighted by molar-refractivity contribution is 7.86. The van der Waals surface area contributed by atoms with Crippen molar-refractivity contribution in [2.24, 2.45) is 0 Å². The van der Waals surface area contributed by atoms with Gasteiger partial charge in [0.2, 0.25) is 0 Å². The Morgan fingerprint density at radius 1 is 1.33 bits per heavy atom. The van der Waals surface area contributed by atoms with Crippen LogP contribution < -0.4 is 0 Å². The van der Waals surface area contributed by atoms with Crippen LogP contribution in [0.1, 0.15) is 0 Å². The standard InChI is InChI=1S/C3H2F4.C2H4F2O3S/c1-2(4)3(5,6)7;3-1-7-2-8(4,5)6/h1H2;1-2H2. The van der Waals surface area contributed by atoms with Gasteiger partial charge in [-0.25, -0.2) is 8.78 Å². The van der Waals surface area contributed by atoms with Gasteiger partial charge in [0.1, 0.15) is 0 Å². The minimum absolute atomic E-state index is 1.20. The molecule has 0 N–H and O–H groups in total. The second-order valence-corrected chi connectivity index (χ2v) is 3.19. The smallest absolute Gasteiger partial charge is 0.332 e. The largest absolute Gasteiger partial charge is 0.442 e. The fourth-order valence-electron chi connectivity index (χ4n) is 0.131. The lowest BCUT2D eigenvalue weighted by Crippen LogP contribution is -2.05. The van der Waals surface area contributed by atoms with Gasteiger partial charge < -0.3 is 4.74 Å². The van der Waals surface area contributed by atoms with Crippen molar-refractivity contribution in [1.82, 2.24) is 0 Å². The third kappa shape index (κ3) is 15.9. The lowest BCUT2D eigenvalue weighted by atomic mass is 10.6. The molecule has 0 saturated heterocycles. The SMILES string of the molecule is C=C(F)C(F)(F)F.O=S(=O)(F)COCF. The van der Waals surface area contributed by atoms with E-state index >= 15 is 0 Å². The van der Waals surface area contributed by atoms with Crippen LogP contribution in [-0.4, -0.2) is 27.4 Å². The van der Waals surface area contributed by atoms with Gasteiger partial charge in [-0.1, -0.05) is 6.58 Å². The Bertz CT molecular complexity index is 282. The molecule has 0 aromatic carbocycles. The fourth-order valence-corrected chi connectivity index (χ4v) is 0.393. The Balaban J connectivity index is 0. The minimum atomic E-state index is -4.86. The van der Waals surface area contributed by atoms with Crippen LogP contribution in [0.2, 0.25) is 0 Å². The van der Waals surface area contributed by atoms with Crippen LogP contribution in [0.3, 0.4) is 0 Å². The topological polar surface area (TPSA) is 43.4 Å². The second-order valence-electron chi connectivity index (χ2n) is 1.87. The molecule has 3 nitrogen and oxygen atoms in total. The first-order valence-electron chi connectivity index (χ1n) is 2.98. The van der Waals surface area contributed by atoms with E-state index in [-0.39, 0.29) is 0 Å². The zero-order valence-electron chi connectivity index (χ0n) is 7.02. The van der Waals surface area contributed by atoms with E-state index in [9.17, 15) is 34.3 Å². The zero-order chi connectivity index (χ0) is 12.7. The molecule has 0 atom stereocenters. The Morgan fingerprint density at radius 3 is 1.73 bits per heavy atom. The summed E-state index contributed by atoms with van der Waals surface area (Å²) >= 11 is 0. The summed E-state index contributed by atoms with van der Waals surface area (Å²) < 4.78 is 87.6. The number of rotatable bonds is 3. The normalized spacial score (nSPS) is 11.6. The molecule has 0 spiro atoms. The molecule has 92 valence electrons. The summed E-state index contributed by atoms with van der Waals surface area (Å²) in [5, 5.41) is 0. The molecule has 0 aliphatic carbocycles. The van der Waals surface area contributed by atoms with E-state index < -0.39 is 35.0 Å². The third-order valence-electron chi connectivity index (χ3n) is 0.609. The maximum Gasteiger partial charge on any atom is 0.442 e. The van der Waals surface area contributed by atoms with Gasteiger partial charge in [-0.3, -0.25) is 0 Å². The first kappa shape index (κ1) is 16.7. The van der Waals surface area contributed by atoms with Gasteiger partial charge in [-0.05, 0) is 0 Å². The molecule has 0 saturated carbocycles. The number of ether oxygens (including phenoxy) is 1. The summed E-state index contributed by atoms with van der Waals surface area (Å²) in [6.45, 7) is 0.746. The molecule has 0 aliphatic rings. The first-order valence-corrected chi connectivity index (χ1v) is 4.53. The second kappa shape index (κ2) is 6.67. The number of halogens is 6. The molecule has 0 heterocycles. The molecular formula is C5H6F6O3S. The molecule has 0 fully saturated rings. The molecule has 15 heavy (non-hydrogen) atoms. The maximum absolute atomic E-state index is 11.3. The lowest BCUT2D eigenvalue weighted by Gasteiger charge is -1.97. The molecule has 0 aromatic heterocycles. The molecule has 0 aliphatic heterocycles. The number of hydrogen-bond acceptors (Lipinski definition) is 3. The van der Waals surface area contributed by atoms with Crippen LogP contribution in [0.5, 0.6) is 0 Å². The van der Waals surface area contributed by atoms with Crippen LogP contribution in [0.25, 0.3) is 0 Å². The van der Waals surface area contributed by atoms with Crippen molar-refractivity contribution in [3.8, 4) is 0 Å². The molecule has 0 rings (SSSR count). The van der Waals surface area contributed by atoms with Gasteiger partial charge in [0.15, 0.2) is 18.6 Å². The fraction of sp³-hybridized carbons (Fsp3) is 0.600. The van der Waals surface area contributed by atoms with E-state index in [4.69, 9.17) is 0 Å². The van der Waals surface area contributed by atoms with Crippen molar-refractivity contribution in [1.29, 1.82) is 0 Å². The predicted molar refractivity (Wildman–Crippen MR) is 38.3 cm³/mol. The van der Waals surface area contributed by atoms with Crippen molar-refractivity contribution in [2.45, 2.75) is 6.18 Å². The molecular weight excluding hydrogens is 254 g/mol. The highest BCUT2D eigenvalue weighted by Gasteiger charge is 2.32. The average Bonchev–Trinajstić information content (AvgIpc) is 1.98. The Hall–Kier alpha value is -0.770. The predicted octanol–water partition coefficient (Wildman–Crippen LogP) is 2.22. The van der Waals surface area contributed by atoms with E-state index in [1.54, 1.807) is 0 Å². The highest BCUT2D eigenvalue weighted by Crippen LogP contribution is 2.23. The average molecular weight is 260 g/mol. The Morgan fingerprint density at radius 2 is 1.67 bits per heavy atom. The summed E-state index contributed by atoms with van der Waals surface area (Å²) in [6, 6.07) is 0. The molecule has 0 aromatic rings. The van der Waals surface area contributed by atoms with E-state index in [1.165, 1.54) is 0 Å². The van der Waals surface area contributed by atoms with Crippen LogP contribution in [0, 0.1) is 0 Å². The number of allylic oxidation sites excluding steroid dienone is 1. The van der Waals surface area contributed by atoms with Gasteiger partial charge in [0, 0.05) is 0 Å². The van der Waals surface area contributed by atoms with Crippen molar-refractivity contribution in [2.75, 3.05) is 12.8 Å². The minimum Gasteiger partial charge on any atom is -0.332 e. The summed E-state index contributed by atoms with van der Waals surface area (Å²) in [4.78, 5) is 0. The molecule has 0 bridgehead atoms. The van der Waals surface area contributed by atoms with Gasteiger partial charge in [-0.2, -0.15) is 21.6 Å². The number of alkyl halides is 4. The van der Waals surface area contributed by atoms with Crippen LogP contribution in [0.15, 0.2) is 12.4 Å². The zero-order valence-corrected chi connectivity index (χ0v) is 7.84. The van der Waals surface area contributed by atoms with E-state index in [2.05, 4.69) is 4.74 Å². The van der Waals surface area contributed by atoms with Crippen molar-refractivity contribution in [3.05, 3.63) is 12.4 Å². The monoisotopic (exact) mass is 260 g/mol. The summed E-state index contributed by atoms with van der Waals surface area (Å²) in [6.07, 6.45) is -4.86. The van der Waals surface area contributed by atoms with Gasteiger partial charge in [-0.15, -0.1) is 3.89 Å². The third-order valence-corrected chi connectivity index (χ3v) is 1.06. The van der Waals surface area contributed by atoms with Crippen LogP contribution >= 0.6 is 0 Å². The summed E-state index contributed by atoms with van der Waals surface area (Å²) in [5.41, 5.74) is 0. The Kier molecular flexibility index (Phi) is 7.40. The van der Waals surface area contributed by atoms with Gasteiger partial charge in [0.05, 0.1) is 0 Å². The van der Waals surface area contributed by atoms with Crippen molar-refractivity contribution < 1.29 is 39.0 Å².